The first-order valence-electron chi connectivity index (χ1n) is 13.7. The van der Waals surface area contributed by atoms with E-state index < -0.39 is 5.97 Å². The molecule has 1 N–H and O–H groups in total. The fourth-order valence-corrected chi connectivity index (χ4v) is 5.57. The van der Waals surface area contributed by atoms with Crippen molar-refractivity contribution in [2.24, 2.45) is 11.8 Å². The van der Waals surface area contributed by atoms with Crippen molar-refractivity contribution in [1.82, 2.24) is 9.80 Å². The van der Waals surface area contributed by atoms with Crippen LogP contribution in [0.15, 0.2) is 54.6 Å². The molecule has 1 amide bonds. The number of rotatable bonds is 12. The van der Waals surface area contributed by atoms with Crippen LogP contribution >= 0.6 is 0 Å². The van der Waals surface area contributed by atoms with E-state index in [1.807, 2.05) is 35.2 Å². The van der Waals surface area contributed by atoms with E-state index in [0.717, 1.165) is 70.1 Å². The van der Waals surface area contributed by atoms with E-state index in [0.29, 0.717) is 19.5 Å². The highest BCUT2D eigenvalue weighted by molar-refractivity contribution is 5.79. The van der Waals surface area contributed by atoms with Gasteiger partial charge in [0.1, 0.15) is 5.75 Å². The molecule has 4 rings (SSSR count). The summed E-state index contributed by atoms with van der Waals surface area (Å²) in [5.74, 6) is 0.336. The third-order valence-corrected chi connectivity index (χ3v) is 7.88. The van der Waals surface area contributed by atoms with E-state index in [1.165, 1.54) is 5.69 Å². The predicted octanol–water partition coefficient (Wildman–Crippen LogP) is 3.41. The molecule has 2 atom stereocenters. The number of carboxylic acids is 1. The minimum Gasteiger partial charge on any atom is -0.497 e. The molecule has 0 aliphatic carbocycles. The number of carboxylic acid groups (broad SMARTS) is 1. The largest absolute Gasteiger partial charge is 0.497 e. The van der Waals surface area contributed by atoms with Gasteiger partial charge in [-0.3, -0.25) is 14.5 Å². The van der Waals surface area contributed by atoms with Crippen molar-refractivity contribution in [2.45, 2.75) is 25.7 Å². The van der Waals surface area contributed by atoms with Gasteiger partial charge in [-0.1, -0.05) is 30.3 Å². The summed E-state index contributed by atoms with van der Waals surface area (Å²) in [6, 6.07) is 18.0. The number of anilines is 1. The molecule has 2 saturated heterocycles. The monoisotopic (exact) mass is 523 g/mol. The van der Waals surface area contributed by atoms with Crippen molar-refractivity contribution in [3.8, 4) is 5.75 Å². The van der Waals surface area contributed by atoms with E-state index in [2.05, 4.69) is 34.1 Å². The van der Waals surface area contributed by atoms with Gasteiger partial charge in [-0.15, -0.1) is 0 Å². The molecule has 0 saturated carbocycles. The molecule has 0 radical (unpaired) electrons. The fourth-order valence-electron chi connectivity index (χ4n) is 5.57. The van der Waals surface area contributed by atoms with Crippen molar-refractivity contribution in [1.29, 1.82) is 0 Å². The van der Waals surface area contributed by atoms with Gasteiger partial charge in [0.05, 0.1) is 26.7 Å². The maximum atomic E-state index is 13.2. The van der Waals surface area contributed by atoms with Crippen molar-refractivity contribution in [3.63, 3.8) is 0 Å². The Bertz CT molecular complexity index is 1010. The lowest BCUT2D eigenvalue weighted by Gasteiger charge is -2.39. The van der Waals surface area contributed by atoms with Crippen LogP contribution in [0.1, 0.15) is 24.8 Å². The lowest BCUT2D eigenvalue weighted by atomic mass is 9.81. The summed E-state index contributed by atoms with van der Waals surface area (Å²) in [6.07, 6.45) is 2.08. The number of carbonyl (C=O) groups excluding carboxylic acids is 1. The van der Waals surface area contributed by atoms with Crippen LogP contribution in [-0.2, 0) is 20.7 Å². The molecule has 2 aliphatic rings. The zero-order chi connectivity index (χ0) is 26.7. The molecule has 38 heavy (non-hydrogen) atoms. The number of nitrogens with zero attached hydrogens (tertiary/aromatic N) is 3. The second-order valence-corrected chi connectivity index (χ2v) is 10.3. The molecule has 0 aromatic heterocycles. The van der Waals surface area contributed by atoms with Crippen molar-refractivity contribution in [3.05, 3.63) is 60.2 Å². The fraction of sp³-hybridized carbons (Fsp3) is 0.533. The van der Waals surface area contributed by atoms with Crippen LogP contribution in [0.3, 0.4) is 0 Å². The molecule has 2 heterocycles. The summed E-state index contributed by atoms with van der Waals surface area (Å²) in [4.78, 5) is 31.6. The van der Waals surface area contributed by atoms with Gasteiger partial charge in [0, 0.05) is 57.9 Å². The Balaban J connectivity index is 1.39. The van der Waals surface area contributed by atoms with E-state index in [9.17, 15) is 14.7 Å². The van der Waals surface area contributed by atoms with Crippen LogP contribution < -0.4 is 9.64 Å². The number of carbonyl (C=O) groups is 2. The van der Waals surface area contributed by atoms with Gasteiger partial charge in [-0.2, -0.15) is 0 Å². The summed E-state index contributed by atoms with van der Waals surface area (Å²) < 4.78 is 10.7. The van der Waals surface area contributed by atoms with Gasteiger partial charge in [0.25, 0.3) is 0 Å². The minimum atomic E-state index is -0.759. The summed E-state index contributed by atoms with van der Waals surface area (Å²) in [5, 5.41) is 9.56. The van der Waals surface area contributed by atoms with Gasteiger partial charge < -0.3 is 24.4 Å². The van der Waals surface area contributed by atoms with Crippen LogP contribution in [0.2, 0.25) is 0 Å². The van der Waals surface area contributed by atoms with Gasteiger partial charge >= 0.3 is 5.97 Å². The van der Waals surface area contributed by atoms with Crippen LogP contribution in [0.4, 0.5) is 5.69 Å². The normalized spacial score (nSPS) is 20.2. The maximum Gasteiger partial charge on any atom is 0.303 e. The number of likely N-dealkylation sites (tertiary alicyclic amines) is 1. The first-order chi connectivity index (χ1) is 18.5. The highest BCUT2D eigenvalue weighted by atomic mass is 16.5. The van der Waals surface area contributed by atoms with Gasteiger partial charge in [-0.05, 0) is 54.5 Å². The van der Waals surface area contributed by atoms with E-state index in [1.54, 1.807) is 7.11 Å². The summed E-state index contributed by atoms with van der Waals surface area (Å²) in [6.45, 7) is 7.40. The van der Waals surface area contributed by atoms with Gasteiger partial charge in [-0.25, -0.2) is 0 Å². The van der Waals surface area contributed by atoms with E-state index >= 15 is 0 Å². The van der Waals surface area contributed by atoms with Crippen molar-refractivity contribution < 1.29 is 24.2 Å². The predicted molar refractivity (Wildman–Crippen MR) is 148 cm³/mol. The van der Waals surface area contributed by atoms with E-state index in [-0.39, 0.29) is 24.2 Å². The lowest BCUT2D eigenvalue weighted by Crippen LogP contribution is -2.46. The third-order valence-electron chi connectivity index (χ3n) is 7.88. The number of ether oxygens (including phenoxy) is 2. The number of hydrogen-bond acceptors (Lipinski definition) is 6. The first kappa shape index (κ1) is 27.9. The standard InChI is InChI=1S/C30H41N3O5/c1-37-28-9-7-24(8-10-28)21-29(34)33-14-11-25(22-30(35)36)26(23-33)12-13-32(27-5-3-2-4-6-27)16-15-31-17-19-38-20-18-31/h2-10,25-26H,11-23H2,1H3,(H,35,36)/t25-,26-/m0/s1. The van der Waals surface area contributed by atoms with E-state index in [4.69, 9.17) is 9.47 Å². The molecular weight excluding hydrogens is 482 g/mol. The topological polar surface area (TPSA) is 82.5 Å². The Morgan fingerprint density at radius 3 is 2.42 bits per heavy atom. The number of piperidine rings is 1. The number of methoxy groups -OCH3 is 1. The maximum absolute atomic E-state index is 13.2. The molecule has 206 valence electrons. The Morgan fingerprint density at radius 1 is 1.00 bits per heavy atom. The summed E-state index contributed by atoms with van der Waals surface area (Å²) >= 11 is 0. The Hall–Kier alpha value is -3.10. The second-order valence-electron chi connectivity index (χ2n) is 10.3. The highest BCUT2D eigenvalue weighted by Crippen LogP contribution is 2.30. The number of benzene rings is 2. The van der Waals surface area contributed by atoms with Crippen molar-refractivity contribution >= 4 is 17.6 Å². The van der Waals surface area contributed by atoms with Crippen LogP contribution in [0.25, 0.3) is 0 Å². The highest BCUT2D eigenvalue weighted by Gasteiger charge is 2.33. The molecule has 0 unspecified atom stereocenters. The van der Waals surface area contributed by atoms with Crippen LogP contribution in [-0.4, -0.2) is 92.9 Å². The molecule has 0 spiro atoms. The quantitative estimate of drug-likeness (QED) is 0.457. The van der Waals surface area contributed by atoms with Crippen molar-refractivity contribution in [2.75, 3.05) is 71.0 Å². The summed E-state index contributed by atoms with van der Waals surface area (Å²) in [7, 11) is 1.63. The second kappa shape index (κ2) is 14.2. The van der Waals surface area contributed by atoms with Gasteiger partial charge in [0.15, 0.2) is 0 Å². The zero-order valence-corrected chi connectivity index (χ0v) is 22.5. The van der Waals surface area contributed by atoms with Crippen LogP contribution in [0.5, 0.6) is 5.75 Å². The zero-order valence-electron chi connectivity index (χ0n) is 22.5. The number of morpholine rings is 1. The molecule has 2 aliphatic heterocycles. The number of hydrogen-bond donors (Lipinski definition) is 1. The van der Waals surface area contributed by atoms with Gasteiger partial charge in [0.2, 0.25) is 5.91 Å². The SMILES string of the molecule is COc1ccc(CC(=O)N2CC[C@@H](CC(=O)O)[C@@H](CCN(CCN3CCOCC3)c3ccccc3)C2)cc1. The molecule has 2 aromatic carbocycles. The average Bonchev–Trinajstić information content (AvgIpc) is 2.95. The summed E-state index contributed by atoms with van der Waals surface area (Å²) in [5.41, 5.74) is 2.14. The third kappa shape index (κ3) is 8.20. The number of aliphatic carboxylic acids is 1. The first-order valence-corrected chi connectivity index (χ1v) is 13.7. The smallest absolute Gasteiger partial charge is 0.303 e. The minimum absolute atomic E-state index is 0.0782. The number of para-hydroxylation sites is 1. The molecule has 8 heteroatoms. The molecule has 8 nitrogen and oxygen atoms in total. The molecular formula is C30H41N3O5. The average molecular weight is 524 g/mol. The van der Waals surface area contributed by atoms with Crippen LogP contribution in [0, 0.1) is 11.8 Å². The lowest BCUT2D eigenvalue weighted by molar-refractivity contribution is -0.139. The Labute approximate surface area is 226 Å². The Morgan fingerprint density at radius 2 is 1.74 bits per heavy atom. The molecule has 2 fully saturated rings. The molecule has 2 aromatic rings. The molecule has 0 bridgehead atoms. The Kier molecular flexibility index (Phi) is 10.4. The number of amides is 1.